The first-order chi connectivity index (χ1) is 23.6. The Morgan fingerprint density at radius 1 is 0.961 bits per heavy atom. The minimum Gasteiger partial charge on any atom is -0.489 e. The number of halogens is 6. The molecule has 17 heteroatoms. The number of hydrogen-bond acceptors (Lipinski definition) is 8. The lowest BCUT2D eigenvalue weighted by atomic mass is 10.1. The Balaban J connectivity index is 1.57. The topological polar surface area (TPSA) is 128 Å². The number of aliphatic imine (C=N–C) groups is 1. The quantitative estimate of drug-likeness (QED) is 0.151. The average Bonchev–Trinajstić information content (AvgIpc) is 3.67. The van der Waals surface area contributed by atoms with Crippen molar-refractivity contribution in [2.45, 2.75) is 84.0 Å². The van der Waals surface area contributed by atoms with E-state index < -0.39 is 65.3 Å². The highest BCUT2D eigenvalue weighted by Gasteiger charge is 2.38. The fourth-order valence-corrected chi connectivity index (χ4v) is 4.92. The zero-order valence-corrected chi connectivity index (χ0v) is 28.6. The Morgan fingerprint density at radius 2 is 1.63 bits per heavy atom. The van der Waals surface area contributed by atoms with Crippen molar-refractivity contribution in [3.8, 4) is 17.1 Å². The van der Waals surface area contributed by atoms with Gasteiger partial charge in [0.1, 0.15) is 29.6 Å². The Bertz CT molecular complexity index is 1770. The summed E-state index contributed by atoms with van der Waals surface area (Å²) >= 11 is 0. The molecule has 0 radical (unpaired) electrons. The highest BCUT2D eigenvalue weighted by atomic mass is 19.4. The van der Waals surface area contributed by atoms with Gasteiger partial charge in [0, 0.05) is 12.1 Å². The van der Waals surface area contributed by atoms with Crippen molar-refractivity contribution in [3.63, 3.8) is 0 Å². The molecule has 1 aliphatic rings. The van der Waals surface area contributed by atoms with E-state index in [9.17, 15) is 35.9 Å². The van der Waals surface area contributed by atoms with E-state index in [1.165, 1.54) is 35.2 Å². The van der Waals surface area contributed by atoms with Crippen molar-refractivity contribution in [1.29, 1.82) is 0 Å². The predicted octanol–water partition coefficient (Wildman–Crippen LogP) is 8.82. The average molecular weight is 726 g/mol. The fraction of sp³-hybridized carbons (Fsp3) is 0.441. The second kappa shape index (κ2) is 15.0. The van der Waals surface area contributed by atoms with Gasteiger partial charge in [-0.05, 0) is 90.3 Å². The normalized spacial score (nSPS) is 16.0. The molecule has 2 heterocycles. The summed E-state index contributed by atoms with van der Waals surface area (Å²) in [5, 5.41) is 6.34. The number of ether oxygens (including phenoxy) is 3. The van der Waals surface area contributed by atoms with Crippen LogP contribution in [-0.2, 0) is 21.8 Å². The van der Waals surface area contributed by atoms with Crippen LogP contribution < -0.4 is 10.1 Å². The zero-order chi connectivity index (χ0) is 37.8. The Morgan fingerprint density at radius 3 is 2.27 bits per heavy atom. The molecule has 3 aromatic rings. The lowest BCUT2D eigenvalue weighted by Gasteiger charge is -2.27. The van der Waals surface area contributed by atoms with Gasteiger partial charge in [-0.2, -0.15) is 31.3 Å². The Labute approximate surface area is 289 Å². The lowest BCUT2D eigenvalue weighted by Crippen LogP contribution is -2.46. The number of carbonyl (C=O) groups excluding carboxylic acids is 2. The molecule has 276 valence electrons. The van der Waals surface area contributed by atoms with E-state index in [0.717, 1.165) is 24.3 Å². The van der Waals surface area contributed by atoms with Crippen molar-refractivity contribution in [1.82, 2.24) is 20.4 Å². The summed E-state index contributed by atoms with van der Waals surface area (Å²) < 4.78 is 104. The smallest absolute Gasteiger partial charge is 0.437 e. The van der Waals surface area contributed by atoms with E-state index in [1.54, 1.807) is 41.5 Å². The number of hydrogen-bond donors (Lipinski definition) is 1. The molecule has 1 aromatic heterocycles. The molecule has 0 aliphatic carbocycles. The molecule has 4 rings (SSSR count). The van der Waals surface area contributed by atoms with Crippen molar-refractivity contribution in [2.75, 3.05) is 13.2 Å². The van der Waals surface area contributed by atoms with Crippen molar-refractivity contribution < 1.29 is 54.7 Å². The number of rotatable bonds is 6. The summed E-state index contributed by atoms with van der Waals surface area (Å²) in [5.74, 6) is -0.994. The van der Waals surface area contributed by atoms with E-state index in [-0.39, 0.29) is 35.3 Å². The highest BCUT2D eigenvalue weighted by Crippen LogP contribution is 2.39. The van der Waals surface area contributed by atoms with Crippen LogP contribution in [0.15, 0.2) is 58.1 Å². The highest BCUT2D eigenvalue weighted by molar-refractivity contribution is 5.99. The molecule has 1 fully saturated rings. The van der Waals surface area contributed by atoms with Crippen molar-refractivity contribution in [3.05, 3.63) is 71.1 Å². The number of alkyl halides is 6. The van der Waals surface area contributed by atoms with Gasteiger partial charge in [0.15, 0.2) is 0 Å². The maximum atomic E-state index is 14.1. The van der Waals surface area contributed by atoms with Crippen LogP contribution >= 0.6 is 0 Å². The zero-order valence-electron chi connectivity index (χ0n) is 28.6. The van der Waals surface area contributed by atoms with Gasteiger partial charge in [0.05, 0.1) is 11.1 Å². The summed E-state index contributed by atoms with van der Waals surface area (Å²) in [5.41, 5.74) is -4.07. The monoisotopic (exact) mass is 725 g/mol. The van der Waals surface area contributed by atoms with Gasteiger partial charge in [0.2, 0.25) is 17.7 Å². The minimum atomic E-state index is -4.88. The van der Waals surface area contributed by atoms with Gasteiger partial charge < -0.3 is 23.6 Å². The van der Waals surface area contributed by atoms with Crippen LogP contribution in [0.1, 0.15) is 83.0 Å². The van der Waals surface area contributed by atoms with E-state index >= 15 is 0 Å². The number of aromatic nitrogens is 2. The minimum absolute atomic E-state index is 0.0245. The van der Waals surface area contributed by atoms with E-state index in [4.69, 9.17) is 18.7 Å². The molecular weight excluding hydrogens is 688 g/mol. The molecule has 2 amide bonds. The van der Waals surface area contributed by atoms with Gasteiger partial charge in [-0.25, -0.2) is 9.59 Å². The van der Waals surface area contributed by atoms with Gasteiger partial charge in [0.25, 0.3) is 0 Å². The number of likely N-dealkylation sites (tertiary alicyclic amines) is 1. The molecule has 0 spiro atoms. The fourth-order valence-electron chi connectivity index (χ4n) is 4.92. The van der Waals surface area contributed by atoms with Gasteiger partial charge in [-0.1, -0.05) is 29.4 Å². The van der Waals surface area contributed by atoms with Crippen LogP contribution in [0.3, 0.4) is 0 Å². The van der Waals surface area contributed by atoms with Crippen LogP contribution in [0.4, 0.5) is 35.9 Å². The molecule has 51 heavy (non-hydrogen) atoms. The SMILES string of the molecule is CC(C)(C)OC(=O)/N=C(\NC(=O)OC(C)(C)C)N1CCC[C@H]1c1nc(-c2ccc(OC/C=C/c3ccccc3C(F)(F)F)c(C(F)(F)F)c2)no1. The summed E-state index contributed by atoms with van der Waals surface area (Å²) in [6, 6.07) is 7.10. The van der Waals surface area contributed by atoms with Crippen LogP contribution in [0.25, 0.3) is 17.5 Å². The third-order valence-electron chi connectivity index (χ3n) is 6.90. The molecule has 2 aromatic carbocycles. The standard InChI is InChI=1S/C34H37F6N5O6/c1-31(2,3)49-29(46)42-28(43-30(47)50-32(4,5)6)45-17-9-14-24(45)27-41-26(44-51-27)21-15-16-25(23(19-21)34(38,39)40)48-18-10-12-20-11-7-8-13-22(20)33(35,36)37/h7-8,10-13,15-16,19,24H,9,14,17-18H2,1-6H3,(H,42,43,46,47)/b12-10+/t24-/m0/s1. The summed E-state index contributed by atoms with van der Waals surface area (Å²) in [7, 11) is 0. The molecule has 0 saturated carbocycles. The number of nitrogens with zero attached hydrogens (tertiary/aromatic N) is 4. The first-order valence-electron chi connectivity index (χ1n) is 15.7. The summed E-state index contributed by atoms with van der Waals surface area (Å²) in [4.78, 5) is 35.1. The van der Waals surface area contributed by atoms with E-state index in [1.807, 2.05) is 0 Å². The first-order valence-corrected chi connectivity index (χ1v) is 15.7. The number of nitrogens with one attached hydrogen (secondary N) is 1. The van der Waals surface area contributed by atoms with Crippen molar-refractivity contribution >= 4 is 24.2 Å². The third-order valence-corrected chi connectivity index (χ3v) is 6.90. The van der Waals surface area contributed by atoms with Gasteiger partial charge in [-0.15, -0.1) is 4.99 Å². The molecule has 1 N–H and O–H groups in total. The van der Waals surface area contributed by atoms with E-state index in [2.05, 4.69) is 20.4 Å². The van der Waals surface area contributed by atoms with Gasteiger partial charge >= 0.3 is 24.5 Å². The van der Waals surface area contributed by atoms with Crippen molar-refractivity contribution in [2.24, 2.45) is 4.99 Å². The summed E-state index contributed by atoms with van der Waals surface area (Å²) in [6.07, 6.45) is -8.16. The number of amides is 2. The number of carbonyl (C=O) groups is 2. The third kappa shape index (κ3) is 10.9. The number of guanidine groups is 1. The first kappa shape index (κ1) is 38.7. The maximum Gasteiger partial charge on any atom is 0.437 e. The molecular formula is C34H37F6N5O6. The Kier molecular flexibility index (Phi) is 11.4. The van der Waals surface area contributed by atoms with Crippen LogP contribution in [0, 0.1) is 0 Å². The maximum absolute atomic E-state index is 14.1. The van der Waals surface area contributed by atoms with Gasteiger partial charge in [-0.3, -0.25) is 5.32 Å². The molecule has 0 bridgehead atoms. The predicted molar refractivity (Wildman–Crippen MR) is 172 cm³/mol. The second-order valence-electron chi connectivity index (χ2n) is 13.4. The van der Waals surface area contributed by atoms with Crippen LogP contribution in [-0.4, -0.2) is 57.5 Å². The molecule has 1 aliphatic heterocycles. The van der Waals surface area contributed by atoms with E-state index in [0.29, 0.717) is 12.8 Å². The molecule has 11 nitrogen and oxygen atoms in total. The molecule has 1 saturated heterocycles. The van der Waals surface area contributed by atoms with Crippen LogP contribution in [0.2, 0.25) is 0 Å². The second-order valence-corrected chi connectivity index (χ2v) is 13.4. The molecule has 0 unspecified atom stereocenters. The lowest BCUT2D eigenvalue weighted by molar-refractivity contribution is -0.139. The molecule has 1 atom stereocenters. The van der Waals surface area contributed by atoms with Crippen LogP contribution in [0.5, 0.6) is 5.75 Å². The number of benzene rings is 2. The summed E-state index contributed by atoms with van der Waals surface area (Å²) in [6.45, 7) is 9.70. The number of alkyl carbamates (subject to hydrolysis) is 1. The largest absolute Gasteiger partial charge is 0.489 e. The Hall–Kier alpha value is -5.09.